The van der Waals surface area contributed by atoms with E-state index < -0.39 is 6.04 Å². The summed E-state index contributed by atoms with van der Waals surface area (Å²) in [4.78, 5) is 36.7. The van der Waals surface area contributed by atoms with E-state index in [2.05, 4.69) is 16.0 Å². The Kier molecular flexibility index (Phi) is 9.18. The van der Waals surface area contributed by atoms with Crippen LogP contribution in [0.1, 0.15) is 48.1 Å². The summed E-state index contributed by atoms with van der Waals surface area (Å²) in [5.41, 5.74) is 1.16. The molecule has 2 aromatic carbocycles. The molecule has 0 aliphatic rings. The van der Waals surface area contributed by atoms with Gasteiger partial charge >= 0.3 is 0 Å². The molecule has 29 heavy (non-hydrogen) atoms. The highest BCUT2D eigenvalue weighted by atomic mass is 35.5. The van der Waals surface area contributed by atoms with E-state index in [1.807, 2.05) is 37.3 Å². The molecule has 0 heterocycles. The monoisotopic (exact) mass is 415 g/mol. The molecule has 6 nitrogen and oxygen atoms in total. The summed E-state index contributed by atoms with van der Waals surface area (Å²) < 4.78 is 0. The first-order valence-electron chi connectivity index (χ1n) is 9.65. The Bertz CT molecular complexity index is 827. The highest BCUT2D eigenvalue weighted by Crippen LogP contribution is 2.20. The van der Waals surface area contributed by atoms with Crippen molar-refractivity contribution in [2.75, 3.05) is 13.1 Å². The second-order valence-corrected chi connectivity index (χ2v) is 6.98. The summed E-state index contributed by atoms with van der Waals surface area (Å²) in [5.74, 6) is -0.698. The molecule has 2 aromatic rings. The van der Waals surface area contributed by atoms with Gasteiger partial charge in [0.15, 0.2) is 0 Å². The van der Waals surface area contributed by atoms with Gasteiger partial charge in [0.2, 0.25) is 11.8 Å². The lowest BCUT2D eigenvalue weighted by atomic mass is 10.0. The van der Waals surface area contributed by atoms with Gasteiger partial charge in [0, 0.05) is 19.5 Å². The molecular weight excluding hydrogens is 390 g/mol. The van der Waals surface area contributed by atoms with Crippen molar-refractivity contribution in [2.24, 2.45) is 0 Å². The fraction of sp³-hybridized carbons (Fsp3) is 0.318. The zero-order chi connectivity index (χ0) is 21.1. The third-order valence-electron chi connectivity index (χ3n) is 4.26. The molecular formula is C22H26ClN3O3. The van der Waals surface area contributed by atoms with E-state index in [9.17, 15) is 14.4 Å². The van der Waals surface area contributed by atoms with E-state index in [1.165, 1.54) is 0 Å². The van der Waals surface area contributed by atoms with Gasteiger partial charge in [-0.05, 0) is 24.1 Å². The Morgan fingerprint density at radius 3 is 2.24 bits per heavy atom. The Hall–Kier alpha value is -2.86. The number of rotatable bonds is 10. The highest BCUT2D eigenvalue weighted by Gasteiger charge is 2.20. The quantitative estimate of drug-likeness (QED) is 0.556. The number of amides is 3. The first kappa shape index (κ1) is 22.4. The molecule has 3 N–H and O–H groups in total. The molecule has 0 bridgehead atoms. The lowest BCUT2D eigenvalue weighted by Crippen LogP contribution is -2.35. The van der Waals surface area contributed by atoms with Gasteiger partial charge in [-0.25, -0.2) is 0 Å². The summed E-state index contributed by atoms with van der Waals surface area (Å²) in [6.07, 6.45) is 1.13. The standard InChI is InChI=1S/C22H26ClN3O3/c1-2-13-24-20(27)12-14-25-21(28)15-19(16-8-4-3-5-9-16)26-22(29)17-10-6-7-11-18(17)23/h3-11,19H,2,12-15H2,1H3,(H,24,27)(H,25,28)(H,26,29). The average Bonchev–Trinajstić information content (AvgIpc) is 2.72. The maximum absolute atomic E-state index is 12.7. The number of carbonyl (C=O) groups is 3. The number of carbonyl (C=O) groups excluding carboxylic acids is 3. The van der Waals surface area contributed by atoms with Crippen molar-refractivity contribution in [3.05, 3.63) is 70.7 Å². The first-order chi connectivity index (χ1) is 14.0. The van der Waals surface area contributed by atoms with E-state index in [4.69, 9.17) is 11.6 Å². The van der Waals surface area contributed by atoms with Crippen molar-refractivity contribution in [2.45, 2.75) is 32.2 Å². The normalized spacial score (nSPS) is 11.4. The molecule has 1 atom stereocenters. The Morgan fingerprint density at radius 1 is 0.897 bits per heavy atom. The molecule has 0 saturated heterocycles. The number of nitrogens with one attached hydrogen (secondary N) is 3. The van der Waals surface area contributed by atoms with E-state index in [0.717, 1.165) is 12.0 Å². The molecule has 3 amide bonds. The maximum atomic E-state index is 12.7. The molecule has 154 valence electrons. The van der Waals surface area contributed by atoms with Crippen LogP contribution >= 0.6 is 11.6 Å². The molecule has 0 radical (unpaired) electrons. The van der Waals surface area contributed by atoms with Crippen LogP contribution < -0.4 is 16.0 Å². The van der Waals surface area contributed by atoms with Crippen LogP contribution in [0.2, 0.25) is 5.02 Å². The van der Waals surface area contributed by atoms with Gasteiger partial charge in [-0.1, -0.05) is 61.0 Å². The van der Waals surface area contributed by atoms with Gasteiger partial charge in [0.25, 0.3) is 5.91 Å². The van der Waals surface area contributed by atoms with Crippen LogP contribution in [-0.4, -0.2) is 30.8 Å². The highest BCUT2D eigenvalue weighted by molar-refractivity contribution is 6.33. The Labute approximate surface area is 176 Å². The number of halogens is 1. The van der Waals surface area contributed by atoms with Gasteiger partial charge in [0.1, 0.15) is 0 Å². The molecule has 0 aromatic heterocycles. The summed E-state index contributed by atoms with van der Waals surface area (Å²) >= 11 is 6.11. The molecule has 0 saturated carbocycles. The van der Waals surface area contributed by atoms with Crippen molar-refractivity contribution >= 4 is 29.3 Å². The molecule has 0 fully saturated rings. The lowest BCUT2D eigenvalue weighted by Gasteiger charge is -2.19. The zero-order valence-electron chi connectivity index (χ0n) is 16.4. The predicted octanol–water partition coefficient (Wildman–Crippen LogP) is 3.23. The largest absolute Gasteiger partial charge is 0.356 e. The smallest absolute Gasteiger partial charge is 0.253 e. The Balaban J connectivity index is 1.98. The van der Waals surface area contributed by atoms with Crippen LogP contribution in [0.4, 0.5) is 0 Å². The van der Waals surface area contributed by atoms with Gasteiger partial charge in [-0.15, -0.1) is 0 Å². The summed E-state index contributed by atoms with van der Waals surface area (Å²) in [6.45, 7) is 2.84. The lowest BCUT2D eigenvalue weighted by molar-refractivity contribution is -0.122. The van der Waals surface area contributed by atoms with Crippen molar-refractivity contribution in [1.82, 2.24) is 16.0 Å². The SMILES string of the molecule is CCCNC(=O)CCNC(=O)CC(NC(=O)c1ccccc1Cl)c1ccccc1. The molecule has 0 spiro atoms. The van der Waals surface area contributed by atoms with E-state index in [1.54, 1.807) is 24.3 Å². The third kappa shape index (κ3) is 7.58. The number of hydrogen-bond acceptors (Lipinski definition) is 3. The fourth-order valence-corrected chi connectivity index (χ4v) is 2.97. The molecule has 0 aliphatic heterocycles. The molecule has 7 heteroatoms. The first-order valence-corrected chi connectivity index (χ1v) is 10.0. The minimum atomic E-state index is -0.520. The maximum Gasteiger partial charge on any atom is 0.253 e. The second kappa shape index (κ2) is 11.9. The van der Waals surface area contributed by atoms with Crippen LogP contribution in [0, 0.1) is 0 Å². The zero-order valence-corrected chi connectivity index (χ0v) is 17.2. The van der Waals surface area contributed by atoms with Gasteiger partial charge in [0.05, 0.1) is 23.0 Å². The fourth-order valence-electron chi connectivity index (χ4n) is 2.74. The van der Waals surface area contributed by atoms with Crippen LogP contribution in [-0.2, 0) is 9.59 Å². The van der Waals surface area contributed by atoms with Gasteiger partial charge < -0.3 is 16.0 Å². The molecule has 1 unspecified atom stereocenters. The predicted molar refractivity (Wildman–Crippen MR) is 114 cm³/mol. The van der Waals surface area contributed by atoms with E-state index >= 15 is 0 Å². The minimum Gasteiger partial charge on any atom is -0.356 e. The van der Waals surface area contributed by atoms with Crippen LogP contribution in [0.25, 0.3) is 0 Å². The second-order valence-electron chi connectivity index (χ2n) is 6.57. The van der Waals surface area contributed by atoms with Crippen LogP contribution in [0.5, 0.6) is 0 Å². The molecule has 0 aliphatic carbocycles. The van der Waals surface area contributed by atoms with E-state index in [0.29, 0.717) is 17.1 Å². The topological polar surface area (TPSA) is 87.3 Å². The van der Waals surface area contributed by atoms with Crippen LogP contribution in [0.3, 0.4) is 0 Å². The third-order valence-corrected chi connectivity index (χ3v) is 4.59. The minimum absolute atomic E-state index is 0.0524. The van der Waals surface area contributed by atoms with Crippen molar-refractivity contribution in [3.63, 3.8) is 0 Å². The summed E-state index contributed by atoms with van der Waals surface area (Å²) in [5, 5.41) is 8.73. The van der Waals surface area contributed by atoms with Gasteiger partial charge in [-0.2, -0.15) is 0 Å². The number of hydrogen-bond donors (Lipinski definition) is 3. The average molecular weight is 416 g/mol. The number of benzene rings is 2. The van der Waals surface area contributed by atoms with E-state index in [-0.39, 0.29) is 37.1 Å². The van der Waals surface area contributed by atoms with Crippen molar-refractivity contribution in [3.8, 4) is 0 Å². The summed E-state index contributed by atoms with van der Waals surface area (Å²) in [7, 11) is 0. The van der Waals surface area contributed by atoms with Gasteiger partial charge in [-0.3, -0.25) is 14.4 Å². The van der Waals surface area contributed by atoms with Crippen molar-refractivity contribution < 1.29 is 14.4 Å². The summed E-state index contributed by atoms with van der Waals surface area (Å²) in [6, 6.07) is 15.5. The van der Waals surface area contributed by atoms with Crippen molar-refractivity contribution in [1.29, 1.82) is 0 Å². The van der Waals surface area contributed by atoms with Crippen LogP contribution in [0.15, 0.2) is 54.6 Å². The Morgan fingerprint density at radius 2 is 1.55 bits per heavy atom. The molecule has 2 rings (SSSR count).